The van der Waals surface area contributed by atoms with Crippen LogP contribution in [0.4, 0.5) is 0 Å². The highest BCUT2D eigenvalue weighted by molar-refractivity contribution is 6.35. The van der Waals surface area contributed by atoms with Gasteiger partial charge in [0.25, 0.3) is 11.8 Å². The van der Waals surface area contributed by atoms with Crippen LogP contribution in [-0.4, -0.2) is 38.8 Å². The number of hydrogen-bond donors (Lipinski definition) is 2. The SMILES string of the molecule is COc1ccc(C(=O)NCC(=O)NN=Cc2ccc(OCc3ccc(Cl)cc3Cl)cc2)cc1OC. The van der Waals surface area contributed by atoms with Crippen molar-refractivity contribution in [2.45, 2.75) is 6.61 Å². The fourth-order valence-electron chi connectivity index (χ4n) is 2.91. The zero-order chi connectivity index (χ0) is 25.2. The van der Waals surface area contributed by atoms with Gasteiger partial charge in [0, 0.05) is 21.2 Å². The summed E-state index contributed by atoms with van der Waals surface area (Å²) < 4.78 is 16.1. The van der Waals surface area contributed by atoms with Gasteiger partial charge in [-0.15, -0.1) is 0 Å². The minimum atomic E-state index is -0.477. The molecule has 0 heterocycles. The highest BCUT2D eigenvalue weighted by Crippen LogP contribution is 2.27. The standard InChI is InChI=1S/C25H23Cl2N3O5/c1-33-22-10-6-17(11-23(22)34-2)25(32)28-14-24(31)30-29-13-16-3-8-20(9-4-16)35-15-18-5-7-19(26)12-21(18)27/h3-13H,14-15H2,1-2H3,(H,28,32)(H,30,31). The van der Waals surface area contributed by atoms with Gasteiger partial charge >= 0.3 is 0 Å². The Morgan fingerprint density at radius 2 is 1.69 bits per heavy atom. The molecular weight excluding hydrogens is 493 g/mol. The molecule has 0 atom stereocenters. The van der Waals surface area contributed by atoms with Crippen LogP contribution in [0.5, 0.6) is 17.2 Å². The molecule has 0 unspecified atom stereocenters. The van der Waals surface area contributed by atoms with Gasteiger partial charge < -0.3 is 19.5 Å². The van der Waals surface area contributed by atoms with Crippen LogP contribution >= 0.6 is 23.2 Å². The van der Waals surface area contributed by atoms with Crippen molar-refractivity contribution >= 4 is 41.2 Å². The Bertz CT molecular complexity index is 1220. The fourth-order valence-corrected chi connectivity index (χ4v) is 3.37. The van der Waals surface area contributed by atoms with Crippen LogP contribution < -0.4 is 25.0 Å². The number of hydrazone groups is 1. The minimum Gasteiger partial charge on any atom is -0.493 e. The van der Waals surface area contributed by atoms with Gasteiger partial charge in [0.2, 0.25) is 0 Å². The second-order valence-electron chi connectivity index (χ2n) is 7.14. The molecule has 2 amide bonds. The molecule has 0 bridgehead atoms. The van der Waals surface area contributed by atoms with Gasteiger partial charge in [-0.3, -0.25) is 9.59 Å². The highest BCUT2D eigenvalue weighted by atomic mass is 35.5. The van der Waals surface area contributed by atoms with Crippen molar-refractivity contribution in [1.82, 2.24) is 10.7 Å². The average molecular weight is 516 g/mol. The van der Waals surface area contributed by atoms with Crippen LogP contribution in [-0.2, 0) is 11.4 Å². The normalized spacial score (nSPS) is 10.6. The lowest BCUT2D eigenvalue weighted by Crippen LogP contribution is -2.34. The molecule has 0 fully saturated rings. The number of halogens is 2. The van der Waals surface area contributed by atoms with Crippen LogP contribution in [0.25, 0.3) is 0 Å². The molecule has 0 aliphatic heterocycles. The number of methoxy groups -OCH3 is 2. The maximum Gasteiger partial charge on any atom is 0.259 e. The van der Waals surface area contributed by atoms with Crippen molar-refractivity contribution < 1.29 is 23.8 Å². The summed E-state index contributed by atoms with van der Waals surface area (Å²) in [6.45, 7) is 0.0546. The van der Waals surface area contributed by atoms with E-state index in [2.05, 4.69) is 15.8 Å². The van der Waals surface area contributed by atoms with E-state index in [0.29, 0.717) is 39.5 Å². The Labute approximate surface area is 212 Å². The molecular formula is C25H23Cl2N3O5. The Morgan fingerprint density at radius 3 is 2.37 bits per heavy atom. The molecule has 0 spiro atoms. The molecule has 0 radical (unpaired) electrons. The van der Waals surface area contributed by atoms with Crippen LogP contribution in [0.15, 0.2) is 65.8 Å². The summed E-state index contributed by atoms with van der Waals surface area (Å²) in [7, 11) is 2.98. The first kappa shape index (κ1) is 25.9. The first-order valence-electron chi connectivity index (χ1n) is 10.4. The number of hydrogen-bond acceptors (Lipinski definition) is 6. The van der Waals surface area contributed by atoms with Crippen molar-refractivity contribution in [3.63, 3.8) is 0 Å². The van der Waals surface area contributed by atoms with Gasteiger partial charge in [0.15, 0.2) is 11.5 Å². The van der Waals surface area contributed by atoms with Crippen LogP contribution in [0, 0.1) is 0 Å². The number of ether oxygens (including phenoxy) is 3. The van der Waals surface area contributed by atoms with Gasteiger partial charge in [0.05, 0.1) is 27.0 Å². The molecule has 8 nitrogen and oxygen atoms in total. The van der Waals surface area contributed by atoms with E-state index in [1.54, 1.807) is 48.5 Å². The summed E-state index contributed by atoms with van der Waals surface area (Å²) in [5.41, 5.74) is 4.27. The van der Waals surface area contributed by atoms with E-state index in [1.807, 2.05) is 6.07 Å². The molecule has 0 saturated carbocycles. The van der Waals surface area contributed by atoms with Crippen LogP contribution in [0.3, 0.4) is 0 Å². The number of carbonyl (C=O) groups excluding carboxylic acids is 2. The van der Waals surface area contributed by atoms with E-state index in [4.69, 9.17) is 37.4 Å². The third-order valence-corrected chi connectivity index (χ3v) is 5.33. The van der Waals surface area contributed by atoms with E-state index >= 15 is 0 Å². The molecule has 35 heavy (non-hydrogen) atoms. The van der Waals surface area contributed by atoms with Gasteiger partial charge in [-0.2, -0.15) is 5.10 Å². The Morgan fingerprint density at radius 1 is 0.943 bits per heavy atom. The average Bonchev–Trinajstić information content (AvgIpc) is 2.87. The Balaban J connectivity index is 1.44. The van der Waals surface area contributed by atoms with Crippen LogP contribution in [0.2, 0.25) is 10.0 Å². The van der Waals surface area contributed by atoms with E-state index in [1.165, 1.54) is 26.5 Å². The summed E-state index contributed by atoms with van der Waals surface area (Å²) >= 11 is 12.0. The quantitative estimate of drug-likeness (QED) is 0.306. The molecule has 2 N–H and O–H groups in total. The van der Waals surface area contributed by atoms with E-state index < -0.39 is 11.8 Å². The molecule has 0 saturated heterocycles. The number of nitrogens with zero attached hydrogens (tertiary/aromatic N) is 1. The Hall–Kier alpha value is -3.75. The second kappa shape index (κ2) is 12.6. The van der Waals surface area contributed by atoms with Crippen molar-refractivity contribution in [3.8, 4) is 17.2 Å². The summed E-state index contributed by atoms with van der Waals surface area (Å²) in [5.74, 6) is 0.659. The summed E-state index contributed by atoms with van der Waals surface area (Å²) in [5, 5.41) is 7.53. The third kappa shape index (κ3) is 7.63. The zero-order valence-electron chi connectivity index (χ0n) is 19.0. The molecule has 10 heteroatoms. The lowest BCUT2D eigenvalue weighted by atomic mass is 10.2. The first-order chi connectivity index (χ1) is 16.9. The maximum atomic E-state index is 12.3. The molecule has 3 rings (SSSR count). The maximum absolute atomic E-state index is 12.3. The number of amides is 2. The predicted octanol–water partition coefficient (Wildman–Crippen LogP) is 4.47. The monoisotopic (exact) mass is 515 g/mol. The zero-order valence-corrected chi connectivity index (χ0v) is 20.5. The van der Waals surface area contributed by atoms with Gasteiger partial charge in [-0.05, 0) is 60.2 Å². The van der Waals surface area contributed by atoms with Gasteiger partial charge in [-0.1, -0.05) is 29.3 Å². The van der Waals surface area contributed by atoms with Gasteiger partial charge in [-0.25, -0.2) is 5.43 Å². The number of nitrogens with one attached hydrogen (secondary N) is 2. The summed E-state index contributed by atoms with van der Waals surface area (Å²) in [4.78, 5) is 24.3. The van der Waals surface area contributed by atoms with Crippen molar-refractivity contribution in [2.75, 3.05) is 20.8 Å². The molecule has 0 aliphatic rings. The van der Waals surface area contributed by atoms with Crippen molar-refractivity contribution in [1.29, 1.82) is 0 Å². The predicted molar refractivity (Wildman–Crippen MR) is 135 cm³/mol. The third-order valence-electron chi connectivity index (χ3n) is 4.75. The minimum absolute atomic E-state index is 0.245. The molecule has 3 aromatic rings. The molecule has 3 aromatic carbocycles. The molecule has 0 aromatic heterocycles. The second-order valence-corrected chi connectivity index (χ2v) is 7.98. The van der Waals surface area contributed by atoms with E-state index in [-0.39, 0.29) is 6.54 Å². The van der Waals surface area contributed by atoms with Crippen molar-refractivity contribution in [3.05, 3.63) is 87.4 Å². The van der Waals surface area contributed by atoms with Gasteiger partial charge in [0.1, 0.15) is 12.4 Å². The largest absolute Gasteiger partial charge is 0.493 e. The molecule has 0 aliphatic carbocycles. The lowest BCUT2D eigenvalue weighted by Gasteiger charge is -2.09. The number of carbonyl (C=O) groups is 2. The van der Waals surface area contributed by atoms with E-state index in [9.17, 15) is 9.59 Å². The smallest absolute Gasteiger partial charge is 0.259 e. The number of benzene rings is 3. The lowest BCUT2D eigenvalue weighted by molar-refractivity contribution is -0.120. The number of rotatable bonds is 10. The van der Waals surface area contributed by atoms with E-state index in [0.717, 1.165) is 11.1 Å². The topological polar surface area (TPSA) is 98.2 Å². The first-order valence-corrected chi connectivity index (χ1v) is 11.1. The molecule has 182 valence electrons. The highest BCUT2D eigenvalue weighted by Gasteiger charge is 2.11. The summed E-state index contributed by atoms with van der Waals surface area (Å²) in [6.07, 6.45) is 1.48. The Kier molecular flexibility index (Phi) is 9.34. The van der Waals surface area contributed by atoms with Crippen LogP contribution in [0.1, 0.15) is 21.5 Å². The van der Waals surface area contributed by atoms with Crippen molar-refractivity contribution in [2.24, 2.45) is 5.10 Å². The summed E-state index contributed by atoms with van der Waals surface area (Å²) in [6, 6.07) is 17.1. The fraction of sp³-hybridized carbons (Fsp3) is 0.160.